The fourth-order valence-electron chi connectivity index (χ4n) is 1.90. The summed E-state index contributed by atoms with van der Waals surface area (Å²) in [6.45, 7) is 4.82. The van der Waals surface area contributed by atoms with Crippen LogP contribution in [0.15, 0.2) is 36.7 Å². The first-order chi connectivity index (χ1) is 11.1. The van der Waals surface area contributed by atoms with Crippen LogP contribution in [0.4, 0.5) is 11.5 Å². The van der Waals surface area contributed by atoms with E-state index in [4.69, 9.17) is 5.26 Å². The van der Waals surface area contributed by atoms with E-state index in [1.165, 1.54) is 12.4 Å². The molecule has 118 valence electrons. The third kappa shape index (κ3) is 4.78. The lowest BCUT2D eigenvalue weighted by molar-refractivity contribution is 0.0946. The number of benzene rings is 1. The third-order valence-corrected chi connectivity index (χ3v) is 3.20. The standard InChI is InChI=1S/C17H19N5O/c1-12(2)7-8-19-17(23)15-10-21-16(11-20-15)22-14-6-4-3-5-13(14)9-18/h3-6,10-12H,7-8H2,1-2H3,(H,19,23)(H,21,22). The highest BCUT2D eigenvalue weighted by Gasteiger charge is 2.08. The van der Waals surface area contributed by atoms with Gasteiger partial charge in [-0.25, -0.2) is 9.97 Å². The Morgan fingerprint density at radius 2 is 2.04 bits per heavy atom. The minimum absolute atomic E-state index is 0.234. The van der Waals surface area contributed by atoms with Crippen LogP contribution in [0.1, 0.15) is 36.3 Å². The van der Waals surface area contributed by atoms with Crippen molar-refractivity contribution in [3.8, 4) is 6.07 Å². The summed E-state index contributed by atoms with van der Waals surface area (Å²) in [6.07, 6.45) is 3.82. The minimum Gasteiger partial charge on any atom is -0.351 e. The number of hydrogen-bond acceptors (Lipinski definition) is 5. The van der Waals surface area contributed by atoms with Crippen LogP contribution in [-0.2, 0) is 0 Å². The molecule has 0 atom stereocenters. The number of para-hydroxylation sites is 1. The number of rotatable bonds is 6. The lowest BCUT2D eigenvalue weighted by Crippen LogP contribution is -2.26. The number of nitrogens with one attached hydrogen (secondary N) is 2. The molecule has 2 rings (SSSR count). The molecule has 0 aliphatic heterocycles. The summed E-state index contributed by atoms with van der Waals surface area (Å²) in [5.74, 6) is 0.779. The molecule has 2 aromatic rings. The number of nitrogens with zero attached hydrogens (tertiary/aromatic N) is 3. The van der Waals surface area contributed by atoms with E-state index in [0.29, 0.717) is 29.5 Å². The Hall–Kier alpha value is -2.94. The molecule has 23 heavy (non-hydrogen) atoms. The molecule has 6 nitrogen and oxygen atoms in total. The largest absolute Gasteiger partial charge is 0.351 e. The third-order valence-electron chi connectivity index (χ3n) is 3.20. The Kier molecular flexibility index (Phi) is 5.64. The molecule has 0 aliphatic carbocycles. The molecule has 0 saturated carbocycles. The van der Waals surface area contributed by atoms with E-state index in [1.807, 2.05) is 6.07 Å². The van der Waals surface area contributed by atoms with E-state index < -0.39 is 0 Å². The summed E-state index contributed by atoms with van der Waals surface area (Å²) in [4.78, 5) is 20.2. The van der Waals surface area contributed by atoms with Crippen molar-refractivity contribution in [3.05, 3.63) is 47.9 Å². The number of aromatic nitrogens is 2. The van der Waals surface area contributed by atoms with Gasteiger partial charge in [0.1, 0.15) is 17.6 Å². The maximum atomic E-state index is 11.9. The predicted molar refractivity (Wildman–Crippen MR) is 88.3 cm³/mol. The molecule has 1 heterocycles. The Balaban J connectivity index is 1.99. The molecule has 2 N–H and O–H groups in total. The molecule has 0 aliphatic rings. The SMILES string of the molecule is CC(C)CCNC(=O)c1cnc(Nc2ccccc2C#N)cn1. The van der Waals surface area contributed by atoms with Gasteiger partial charge >= 0.3 is 0 Å². The Bertz CT molecular complexity index is 704. The molecule has 0 unspecified atom stereocenters. The van der Waals surface area contributed by atoms with Crippen LogP contribution in [0.25, 0.3) is 0 Å². The normalized spacial score (nSPS) is 10.2. The maximum Gasteiger partial charge on any atom is 0.271 e. The van der Waals surface area contributed by atoms with Gasteiger partial charge in [-0.15, -0.1) is 0 Å². The number of nitriles is 1. The number of anilines is 2. The molecular formula is C17H19N5O. The highest BCUT2D eigenvalue weighted by atomic mass is 16.1. The topological polar surface area (TPSA) is 90.7 Å². The van der Waals surface area contributed by atoms with E-state index in [9.17, 15) is 4.79 Å². The van der Waals surface area contributed by atoms with E-state index in [1.54, 1.807) is 18.2 Å². The molecule has 0 fully saturated rings. The summed E-state index contributed by atoms with van der Waals surface area (Å²) in [6, 6.07) is 9.22. The van der Waals surface area contributed by atoms with Crippen molar-refractivity contribution in [2.24, 2.45) is 5.92 Å². The lowest BCUT2D eigenvalue weighted by Gasteiger charge is -2.08. The van der Waals surface area contributed by atoms with Crippen molar-refractivity contribution in [1.29, 1.82) is 5.26 Å². The number of amides is 1. The van der Waals surface area contributed by atoms with E-state index >= 15 is 0 Å². The fraction of sp³-hybridized carbons (Fsp3) is 0.294. The van der Waals surface area contributed by atoms with Gasteiger partial charge in [-0.1, -0.05) is 26.0 Å². The van der Waals surface area contributed by atoms with E-state index in [-0.39, 0.29) is 11.6 Å². The molecule has 1 aromatic carbocycles. The minimum atomic E-state index is -0.234. The zero-order valence-corrected chi connectivity index (χ0v) is 13.2. The van der Waals surface area contributed by atoms with Crippen molar-refractivity contribution < 1.29 is 4.79 Å². The molecule has 6 heteroatoms. The van der Waals surface area contributed by atoms with Gasteiger partial charge in [0.2, 0.25) is 0 Å². The predicted octanol–water partition coefficient (Wildman–Crippen LogP) is 2.87. The number of carbonyl (C=O) groups excluding carboxylic acids is 1. The van der Waals surface area contributed by atoms with Gasteiger partial charge in [0, 0.05) is 6.54 Å². The molecule has 0 radical (unpaired) electrons. The van der Waals surface area contributed by atoms with Crippen molar-refractivity contribution in [2.45, 2.75) is 20.3 Å². The maximum absolute atomic E-state index is 11.9. The van der Waals surface area contributed by atoms with Crippen LogP contribution in [0, 0.1) is 17.2 Å². The van der Waals surface area contributed by atoms with Crippen molar-refractivity contribution in [3.63, 3.8) is 0 Å². The van der Waals surface area contributed by atoms with Gasteiger partial charge in [0.25, 0.3) is 5.91 Å². The zero-order chi connectivity index (χ0) is 16.7. The van der Waals surface area contributed by atoms with Gasteiger partial charge in [-0.05, 0) is 24.5 Å². The second-order valence-corrected chi connectivity index (χ2v) is 5.51. The highest BCUT2D eigenvalue weighted by molar-refractivity contribution is 5.92. The van der Waals surface area contributed by atoms with Gasteiger partial charge in [0.15, 0.2) is 0 Å². The Morgan fingerprint density at radius 3 is 2.70 bits per heavy atom. The highest BCUT2D eigenvalue weighted by Crippen LogP contribution is 2.18. The van der Waals surface area contributed by atoms with Crippen molar-refractivity contribution in [1.82, 2.24) is 15.3 Å². The van der Waals surface area contributed by atoms with Gasteiger partial charge in [0.05, 0.1) is 23.6 Å². The molecule has 0 bridgehead atoms. The summed E-state index contributed by atoms with van der Waals surface area (Å²) in [7, 11) is 0. The first kappa shape index (κ1) is 16.4. The number of carbonyl (C=O) groups is 1. The average molecular weight is 309 g/mol. The van der Waals surface area contributed by atoms with Crippen LogP contribution in [0.2, 0.25) is 0 Å². The summed E-state index contributed by atoms with van der Waals surface area (Å²) < 4.78 is 0. The van der Waals surface area contributed by atoms with Gasteiger partial charge < -0.3 is 10.6 Å². The summed E-state index contributed by atoms with van der Waals surface area (Å²) in [5.41, 5.74) is 1.44. The summed E-state index contributed by atoms with van der Waals surface area (Å²) in [5, 5.41) is 14.9. The Morgan fingerprint density at radius 1 is 1.26 bits per heavy atom. The van der Waals surface area contributed by atoms with Crippen LogP contribution in [0.3, 0.4) is 0 Å². The molecule has 1 aromatic heterocycles. The molecule has 0 spiro atoms. The quantitative estimate of drug-likeness (QED) is 0.856. The average Bonchev–Trinajstić information content (AvgIpc) is 2.55. The lowest BCUT2D eigenvalue weighted by atomic mass is 10.1. The van der Waals surface area contributed by atoms with Crippen LogP contribution >= 0.6 is 0 Å². The van der Waals surface area contributed by atoms with E-state index in [0.717, 1.165) is 6.42 Å². The van der Waals surface area contributed by atoms with Crippen molar-refractivity contribution >= 4 is 17.4 Å². The van der Waals surface area contributed by atoms with Gasteiger partial charge in [-0.2, -0.15) is 5.26 Å². The summed E-state index contributed by atoms with van der Waals surface area (Å²) >= 11 is 0. The second-order valence-electron chi connectivity index (χ2n) is 5.51. The van der Waals surface area contributed by atoms with Gasteiger partial charge in [-0.3, -0.25) is 4.79 Å². The first-order valence-corrected chi connectivity index (χ1v) is 7.46. The van der Waals surface area contributed by atoms with Crippen LogP contribution < -0.4 is 10.6 Å². The molecule has 1 amide bonds. The second kappa shape index (κ2) is 7.90. The Labute approximate surface area is 135 Å². The number of hydrogen-bond donors (Lipinski definition) is 2. The molecular weight excluding hydrogens is 290 g/mol. The van der Waals surface area contributed by atoms with Crippen molar-refractivity contribution in [2.75, 3.05) is 11.9 Å². The van der Waals surface area contributed by atoms with Crippen LogP contribution in [0.5, 0.6) is 0 Å². The monoisotopic (exact) mass is 309 g/mol. The fourth-order valence-corrected chi connectivity index (χ4v) is 1.90. The first-order valence-electron chi connectivity index (χ1n) is 7.46. The molecule has 0 saturated heterocycles. The van der Waals surface area contributed by atoms with Crippen LogP contribution in [-0.4, -0.2) is 22.4 Å². The smallest absolute Gasteiger partial charge is 0.271 e. The zero-order valence-electron chi connectivity index (χ0n) is 13.2. The van der Waals surface area contributed by atoms with E-state index in [2.05, 4.69) is 40.5 Å².